The molecule has 3 amide bonds. The zero-order valence-corrected chi connectivity index (χ0v) is 16.5. The Morgan fingerprint density at radius 2 is 1.62 bits per heavy atom. The fraction of sp³-hybridized carbons (Fsp3) is 0.0526. The third kappa shape index (κ3) is 5.83. The van der Waals surface area contributed by atoms with Crippen molar-refractivity contribution in [3.05, 3.63) is 71.1 Å². The van der Waals surface area contributed by atoms with Gasteiger partial charge in [0.25, 0.3) is 5.91 Å². The number of nitrogens with one attached hydrogen (secondary N) is 3. The van der Waals surface area contributed by atoms with Gasteiger partial charge in [-0.25, -0.2) is 20.2 Å². The molecule has 0 atom stereocenters. The van der Waals surface area contributed by atoms with Crippen LogP contribution in [-0.2, 0) is 6.18 Å². The Bertz CT molecular complexity index is 1140. The van der Waals surface area contributed by atoms with E-state index in [0.29, 0.717) is 11.4 Å². The molecular formula is C19H13ClF3N5O4. The van der Waals surface area contributed by atoms with Gasteiger partial charge in [-0.15, -0.1) is 0 Å². The van der Waals surface area contributed by atoms with E-state index >= 15 is 0 Å². The first-order valence-corrected chi connectivity index (χ1v) is 9.02. The normalized spacial score (nSPS) is 10.9. The summed E-state index contributed by atoms with van der Waals surface area (Å²) in [6, 6.07) is 9.33. The lowest BCUT2D eigenvalue weighted by atomic mass is 10.2. The van der Waals surface area contributed by atoms with Crippen molar-refractivity contribution in [1.29, 1.82) is 0 Å². The third-order valence-electron chi connectivity index (χ3n) is 3.84. The molecule has 3 aromatic rings. The number of rotatable bonds is 5. The van der Waals surface area contributed by atoms with Crippen LogP contribution in [0.3, 0.4) is 0 Å². The van der Waals surface area contributed by atoms with Gasteiger partial charge >= 0.3 is 12.2 Å². The summed E-state index contributed by atoms with van der Waals surface area (Å²) >= 11 is 5.55. The lowest BCUT2D eigenvalue weighted by Crippen LogP contribution is -2.20. The Morgan fingerprint density at radius 3 is 2.28 bits per heavy atom. The van der Waals surface area contributed by atoms with Gasteiger partial charge in [0, 0.05) is 17.4 Å². The molecule has 4 N–H and O–H groups in total. The standard InChI is InChI=1S/C19H13ClF3N5O4/c20-14-6-3-11(7-13(14)19(21,22)23)27-18(30)26-10-1-4-12(5-2-10)32-16-8-15(17(29)28-31)24-9-25-16/h1-9,31H,(H,28,29)(H2,26,27,30). The zero-order chi connectivity index (χ0) is 23.3. The highest BCUT2D eigenvalue weighted by molar-refractivity contribution is 6.31. The van der Waals surface area contributed by atoms with Crippen LogP contribution in [-0.4, -0.2) is 27.1 Å². The van der Waals surface area contributed by atoms with E-state index in [0.717, 1.165) is 18.5 Å². The molecule has 0 saturated heterocycles. The minimum atomic E-state index is -4.66. The average Bonchev–Trinajstić information content (AvgIpc) is 2.75. The Hall–Kier alpha value is -3.90. The number of anilines is 2. The lowest BCUT2D eigenvalue weighted by Gasteiger charge is -2.12. The van der Waals surface area contributed by atoms with Crippen molar-refractivity contribution in [3.8, 4) is 11.6 Å². The number of carbonyl (C=O) groups is 2. The second-order valence-electron chi connectivity index (χ2n) is 6.08. The van der Waals surface area contributed by atoms with Crippen LogP contribution in [0.1, 0.15) is 16.1 Å². The first-order chi connectivity index (χ1) is 15.2. The smallest absolute Gasteiger partial charge is 0.417 e. The molecule has 13 heteroatoms. The van der Waals surface area contributed by atoms with E-state index in [1.165, 1.54) is 41.9 Å². The molecule has 1 aromatic heterocycles. The van der Waals surface area contributed by atoms with Crippen molar-refractivity contribution in [1.82, 2.24) is 15.4 Å². The molecule has 0 radical (unpaired) electrons. The number of nitrogens with zero attached hydrogens (tertiary/aromatic N) is 2. The molecular weight excluding hydrogens is 455 g/mol. The number of halogens is 4. The molecule has 32 heavy (non-hydrogen) atoms. The maximum absolute atomic E-state index is 12.9. The summed E-state index contributed by atoms with van der Waals surface area (Å²) in [5.41, 5.74) is 0.477. The predicted molar refractivity (Wildman–Crippen MR) is 107 cm³/mol. The summed E-state index contributed by atoms with van der Waals surface area (Å²) in [7, 11) is 0. The van der Waals surface area contributed by atoms with Gasteiger partial charge in [-0.3, -0.25) is 10.0 Å². The molecule has 166 valence electrons. The minimum Gasteiger partial charge on any atom is -0.439 e. The van der Waals surface area contributed by atoms with E-state index in [4.69, 9.17) is 21.5 Å². The molecule has 0 fully saturated rings. The molecule has 2 aromatic carbocycles. The van der Waals surface area contributed by atoms with Gasteiger partial charge in [-0.2, -0.15) is 13.2 Å². The quantitative estimate of drug-likeness (QED) is 0.318. The summed E-state index contributed by atoms with van der Waals surface area (Å²) in [6.45, 7) is 0. The highest BCUT2D eigenvalue weighted by Crippen LogP contribution is 2.36. The number of ether oxygens (including phenoxy) is 1. The van der Waals surface area contributed by atoms with Gasteiger partial charge in [-0.1, -0.05) is 11.6 Å². The molecule has 0 aliphatic heterocycles. The monoisotopic (exact) mass is 467 g/mol. The fourth-order valence-corrected chi connectivity index (χ4v) is 2.64. The molecule has 0 unspecified atom stereocenters. The van der Waals surface area contributed by atoms with E-state index in [2.05, 4.69) is 20.6 Å². The van der Waals surface area contributed by atoms with Gasteiger partial charge in [0.2, 0.25) is 5.88 Å². The van der Waals surface area contributed by atoms with Crippen molar-refractivity contribution < 1.29 is 32.7 Å². The van der Waals surface area contributed by atoms with Crippen molar-refractivity contribution in [3.63, 3.8) is 0 Å². The SMILES string of the molecule is O=C(Nc1ccc(Oc2cc(C(=O)NO)ncn2)cc1)Nc1ccc(Cl)c(C(F)(F)F)c1. The predicted octanol–water partition coefficient (Wildman–Crippen LogP) is 4.70. The van der Waals surface area contributed by atoms with Gasteiger partial charge in [0.15, 0.2) is 0 Å². The third-order valence-corrected chi connectivity index (χ3v) is 4.17. The second-order valence-corrected chi connectivity index (χ2v) is 6.49. The molecule has 9 nitrogen and oxygen atoms in total. The van der Waals surface area contributed by atoms with Gasteiger partial charge in [0.05, 0.1) is 10.6 Å². The topological polar surface area (TPSA) is 125 Å². The lowest BCUT2D eigenvalue weighted by molar-refractivity contribution is -0.137. The summed E-state index contributed by atoms with van der Waals surface area (Å²) in [4.78, 5) is 31.0. The summed E-state index contributed by atoms with van der Waals surface area (Å²) in [5, 5.41) is 12.9. The van der Waals surface area contributed by atoms with Crippen LogP contribution >= 0.6 is 11.6 Å². The van der Waals surface area contributed by atoms with E-state index in [9.17, 15) is 22.8 Å². The largest absolute Gasteiger partial charge is 0.439 e. The molecule has 0 saturated carbocycles. The Labute approximate surface area is 183 Å². The first kappa shape index (κ1) is 22.8. The van der Waals surface area contributed by atoms with Gasteiger partial charge < -0.3 is 15.4 Å². The van der Waals surface area contributed by atoms with Crippen LogP contribution in [0.4, 0.5) is 29.3 Å². The Morgan fingerprint density at radius 1 is 0.969 bits per heavy atom. The van der Waals surface area contributed by atoms with Gasteiger partial charge in [-0.05, 0) is 42.5 Å². The highest BCUT2D eigenvalue weighted by atomic mass is 35.5. The van der Waals surface area contributed by atoms with Gasteiger partial charge in [0.1, 0.15) is 17.8 Å². The summed E-state index contributed by atoms with van der Waals surface area (Å²) < 4.78 is 44.2. The van der Waals surface area contributed by atoms with E-state index in [-0.39, 0.29) is 17.3 Å². The Balaban J connectivity index is 1.62. The maximum atomic E-state index is 12.9. The van der Waals surface area contributed by atoms with Crippen LogP contribution in [0.5, 0.6) is 11.6 Å². The number of hydrogen-bond donors (Lipinski definition) is 4. The van der Waals surface area contributed by atoms with Crippen LogP contribution < -0.4 is 20.9 Å². The van der Waals surface area contributed by atoms with E-state index < -0.39 is 28.7 Å². The Kier molecular flexibility index (Phi) is 6.76. The highest BCUT2D eigenvalue weighted by Gasteiger charge is 2.33. The molecule has 0 aliphatic rings. The minimum absolute atomic E-state index is 0.0280. The molecule has 0 aliphatic carbocycles. The number of aromatic nitrogens is 2. The second kappa shape index (κ2) is 9.49. The number of carbonyl (C=O) groups excluding carboxylic acids is 2. The number of amides is 3. The van der Waals surface area contributed by atoms with E-state index in [1.807, 2.05) is 0 Å². The molecule has 1 heterocycles. The van der Waals surface area contributed by atoms with Crippen molar-refractivity contribution >= 4 is 34.9 Å². The zero-order valence-electron chi connectivity index (χ0n) is 15.8. The molecule has 0 spiro atoms. The number of benzene rings is 2. The molecule has 3 rings (SSSR count). The fourth-order valence-electron chi connectivity index (χ4n) is 2.42. The van der Waals surface area contributed by atoms with Crippen molar-refractivity contribution in [2.24, 2.45) is 0 Å². The van der Waals surface area contributed by atoms with Crippen LogP contribution in [0.2, 0.25) is 5.02 Å². The summed E-state index contributed by atoms with van der Waals surface area (Å²) in [5.74, 6) is -0.511. The molecule has 0 bridgehead atoms. The van der Waals surface area contributed by atoms with E-state index in [1.54, 1.807) is 0 Å². The first-order valence-electron chi connectivity index (χ1n) is 8.65. The van der Waals surface area contributed by atoms with Crippen LogP contribution in [0.15, 0.2) is 54.9 Å². The average molecular weight is 468 g/mol. The summed E-state index contributed by atoms with van der Waals surface area (Å²) in [6.07, 6.45) is -3.59. The van der Waals surface area contributed by atoms with Crippen LogP contribution in [0.25, 0.3) is 0 Å². The number of hydroxylamine groups is 1. The van der Waals surface area contributed by atoms with Crippen molar-refractivity contribution in [2.75, 3.05) is 10.6 Å². The number of alkyl halides is 3. The maximum Gasteiger partial charge on any atom is 0.417 e. The van der Waals surface area contributed by atoms with Crippen molar-refractivity contribution in [2.45, 2.75) is 6.18 Å². The number of urea groups is 1. The van der Waals surface area contributed by atoms with Crippen LogP contribution in [0, 0.1) is 0 Å². The number of hydrogen-bond acceptors (Lipinski definition) is 6.